The van der Waals surface area contributed by atoms with E-state index in [4.69, 9.17) is 10.8 Å². The van der Waals surface area contributed by atoms with E-state index in [1.807, 2.05) is 25.1 Å². The fourth-order valence-electron chi connectivity index (χ4n) is 2.67. The second-order valence-electron chi connectivity index (χ2n) is 5.29. The standard InChI is InChI=1S/C15H17N3O2S/c1-15(17-6-4-13(19)20)11-5-7-21-14(11)10-3-2-9(16)8-12(10)18-15/h2-3,5,7-8,17-18H,4,6,16H2,1H3,(H,19,20). The van der Waals surface area contributed by atoms with Crippen LogP contribution in [-0.4, -0.2) is 17.6 Å². The van der Waals surface area contributed by atoms with Crippen molar-refractivity contribution in [3.05, 3.63) is 35.2 Å². The quantitative estimate of drug-likeness (QED) is 0.652. The number of aliphatic carboxylic acids is 1. The van der Waals surface area contributed by atoms with Gasteiger partial charge in [-0.3, -0.25) is 10.1 Å². The topological polar surface area (TPSA) is 87.4 Å². The summed E-state index contributed by atoms with van der Waals surface area (Å²) in [5.41, 5.74) is 9.31. The molecule has 0 saturated carbocycles. The van der Waals surface area contributed by atoms with Gasteiger partial charge >= 0.3 is 5.97 Å². The maximum Gasteiger partial charge on any atom is 0.304 e. The number of carbonyl (C=O) groups is 1. The third-order valence-electron chi connectivity index (χ3n) is 3.69. The molecule has 21 heavy (non-hydrogen) atoms. The minimum Gasteiger partial charge on any atom is -0.481 e. The first-order valence-corrected chi connectivity index (χ1v) is 7.60. The van der Waals surface area contributed by atoms with E-state index in [-0.39, 0.29) is 6.42 Å². The zero-order chi connectivity index (χ0) is 15.0. The van der Waals surface area contributed by atoms with Gasteiger partial charge in [-0.1, -0.05) is 0 Å². The van der Waals surface area contributed by atoms with E-state index in [1.54, 1.807) is 11.3 Å². The van der Waals surface area contributed by atoms with Crippen molar-refractivity contribution < 1.29 is 9.90 Å². The molecule has 0 amide bonds. The van der Waals surface area contributed by atoms with Crippen molar-refractivity contribution in [1.29, 1.82) is 0 Å². The van der Waals surface area contributed by atoms with Crippen LogP contribution in [0.5, 0.6) is 0 Å². The van der Waals surface area contributed by atoms with Crippen molar-refractivity contribution in [3.8, 4) is 10.4 Å². The molecule has 1 aliphatic rings. The number of hydrogen-bond donors (Lipinski definition) is 4. The van der Waals surface area contributed by atoms with E-state index in [2.05, 4.69) is 22.1 Å². The molecule has 1 aromatic heterocycles. The number of hydrogen-bond acceptors (Lipinski definition) is 5. The first kappa shape index (κ1) is 13.9. The number of anilines is 2. The van der Waals surface area contributed by atoms with Gasteiger partial charge in [-0.05, 0) is 36.6 Å². The molecule has 1 aromatic carbocycles. The Morgan fingerprint density at radius 2 is 2.29 bits per heavy atom. The molecule has 0 radical (unpaired) electrons. The number of thiophene rings is 1. The van der Waals surface area contributed by atoms with E-state index in [1.165, 1.54) is 4.88 Å². The van der Waals surface area contributed by atoms with Gasteiger partial charge < -0.3 is 16.2 Å². The number of nitrogens with one attached hydrogen (secondary N) is 2. The molecule has 2 heterocycles. The van der Waals surface area contributed by atoms with Gasteiger partial charge in [0.1, 0.15) is 5.66 Å². The Kier molecular flexibility index (Phi) is 3.35. The summed E-state index contributed by atoms with van der Waals surface area (Å²) in [5, 5.41) is 17.6. The molecule has 2 aromatic rings. The molecule has 0 fully saturated rings. The van der Waals surface area contributed by atoms with Gasteiger partial charge in [0, 0.05) is 33.9 Å². The lowest BCUT2D eigenvalue weighted by atomic mass is 9.92. The number of nitrogen functional groups attached to an aromatic ring is 1. The number of benzene rings is 1. The van der Waals surface area contributed by atoms with Crippen LogP contribution in [0, 0.1) is 0 Å². The lowest BCUT2D eigenvalue weighted by molar-refractivity contribution is -0.136. The van der Waals surface area contributed by atoms with E-state index in [0.29, 0.717) is 12.2 Å². The summed E-state index contributed by atoms with van der Waals surface area (Å²) in [6, 6.07) is 7.89. The van der Waals surface area contributed by atoms with Crippen molar-refractivity contribution in [2.75, 3.05) is 17.6 Å². The molecule has 5 nitrogen and oxygen atoms in total. The Bertz CT molecular complexity index is 698. The average Bonchev–Trinajstić information content (AvgIpc) is 2.88. The van der Waals surface area contributed by atoms with Crippen molar-refractivity contribution in [2.45, 2.75) is 19.0 Å². The highest BCUT2D eigenvalue weighted by molar-refractivity contribution is 7.13. The molecule has 0 bridgehead atoms. The Morgan fingerprint density at radius 3 is 3.05 bits per heavy atom. The van der Waals surface area contributed by atoms with Crippen molar-refractivity contribution in [1.82, 2.24) is 5.32 Å². The Balaban J connectivity index is 1.96. The smallest absolute Gasteiger partial charge is 0.304 e. The van der Waals surface area contributed by atoms with Crippen LogP contribution in [0.25, 0.3) is 10.4 Å². The highest BCUT2D eigenvalue weighted by atomic mass is 32.1. The molecule has 6 heteroatoms. The average molecular weight is 303 g/mol. The van der Waals surface area contributed by atoms with Gasteiger partial charge in [-0.2, -0.15) is 0 Å². The minimum absolute atomic E-state index is 0.0839. The van der Waals surface area contributed by atoms with E-state index < -0.39 is 11.6 Å². The van der Waals surface area contributed by atoms with Crippen LogP contribution in [0.3, 0.4) is 0 Å². The fourth-order valence-corrected chi connectivity index (χ4v) is 3.71. The molecule has 1 atom stereocenters. The van der Waals surface area contributed by atoms with Gasteiger partial charge in [-0.15, -0.1) is 11.3 Å². The van der Waals surface area contributed by atoms with Gasteiger partial charge in [-0.25, -0.2) is 0 Å². The maximum absolute atomic E-state index is 10.7. The summed E-state index contributed by atoms with van der Waals surface area (Å²) >= 11 is 1.68. The summed E-state index contributed by atoms with van der Waals surface area (Å²) in [7, 11) is 0. The SMILES string of the molecule is CC1(NCCC(=O)O)Nc2cc(N)ccc2-c2sccc21. The Hall–Kier alpha value is -2.05. The molecule has 0 aliphatic carbocycles. The fraction of sp³-hybridized carbons (Fsp3) is 0.267. The first-order chi connectivity index (χ1) is 9.99. The third kappa shape index (κ3) is 2.48. The zero-order valence-corrected chi connectivity index (χ0v) is 12.5. The number of carboxylic acid groups (broad SMARTS) is 1. The predicted octanol–water partition coefficient (Wildman–Crippen LogP) is 2.66. The van der Waals surface area contributed by atoms with Crippen molar-refractivity contribution in [3.63, 3.8) is 0 Å². The van der Waals surface area contributed by atoms with Crippen LogP contribution < -0.4 is 16.4 Å². The van der Waals surface area contributed by atoms with Crippen LogP contribution >= 0.6 is 11.3 Å². The molecular formula is C15H17N3O2S. The van der Waals surface area contributed by atoms with Crippen LogP contribution in [0.2, 0.25) is 0 Å². The van der Waals surface area contributed by atoms with Crippen LogP contribution in [0.4, 0.5) is 11.4 Å². The highest BCUT2D eigenvalue weighted by Gasteiger charge is 2.34. The molecule has 1 unspecified atom stereocenters. The van der Waals surface area contributed by atoms with Crippen molar-refractivity contribution >= 4 is 28.7 Å². The van der Waals surface area contributed by atoms with E-state index in [9.17, 15) is 4.79 Å². The van der Waals surface area contributed by atoms with Gasteiger partial charge in [0.25, 0.3) is 0 Å². The second kappa shape index (κ2) is 5.05. The second-order valence-corrected chi connectivity index (χ2v) is 6.21. The number of nitrogens with two attached hydrogens (primary N) is 1. The molecule has 1 aliphatic heterocycles. The van der Waals surface area contributed by atoms with Gasteiger partial charge in [0.2, 0.25) is 0 Å². The van der Waals surface area contributed by atoms with Crippen LogP contribution in [-0.2, 0) is 10.5 Å². The van der Waals surface area contributed by atoms with Crippen LogP contribution in [0.15, 0.2) is 29.6 Å². The summed E-state index contributed by atoms with van der Waals surface area (Å²) in [6.07, 6.45) is 0.0839. The Morgan fingerprint density at radius 1 is 1.48 bits per heavy atom. The van der Waals surface area contributed by atoms with Crippen molar-refractivity contribution in [2.24, 2.45) is 0 Å². The number of fused-ring (bicyclic) bond motifs is 3. The number of rotatable bonds is 4. The molecule has 5 N–H and O–H groups in total. The largest absolute Gasteiger partial charge is 0.481 e. The summed E-state index contributed by atoms with van der Waals surface area (Å²) in [5.74, 6) is -0.808. The summed E-state index contributed by atoms with van der Waals surface area (Å²) in [6.45, 7) is 2.41. The molecule has 110 valence electrons. The van der Waals surface area contributed by atoms with Crippen LogP contribution in [0.1, 0.15) is 18.9 Å². The third-order valence-corrected chi connectivity index (χ3v) is 4.64. The monoisotopic (exact) mass is 303 g/mol. The summed E-state index contributed by atoms with van der Waals surface area (Å²) < 4.78 is 0. The normalized spacial score (nSPS) is 19.5. The first-order valence-electron chi connectivity index (χ1n) is 6.72. The highest BCUT2D eigenvalue weighted by Crippen LogP contribution is 2.45. The molecular weight excluding hydrogens is 286 g/mol. The summed E-state index contributed by atoms with van der Waals surface area (Å²) in [4.78, 5) is 11.9. The molecule has 3 rings (SSSR count). The van der Waals surface area contributed by atoms with E-state index >= 15 is 0 Å². The number of carboxylic acids is 1. The van der Waals surface area contributed by atoms with Gasteiger partial charge in [0.05, 0.1) is 6.42 Å². The van der Waals surface area contributed by atoms with Gasteiger partial charge in [0.15, 0.2) is 0 Å². The Labute approximate surface area is 126 Å². The zero-order valence-electron chi connectivity index (χ0n) is 11.6. The molecule has 0 saturated heterocycles. The molecule has 0 spiro atoms. The predicted molar refractivity (Wildman–Crippen MR) is 85.4 cm³/mol. The lowest BCUT2D eigenvalue weighted by Crippen LogP contribution is -2.48. The minimum atomic E-state index is -0.808. The van der Waals surface area contributed by atoms with E-state index in [0.717, 1.165) is 16.8 Å². The lowest BCUT2D eigenvalue weighted by Gasteiger charge is -2.38. The maximum atomic E-state index is 10.7.